The summed E-state index contributed by atoms with van der Waals surface area (Å²) >= 11 is 0. The van der Waals surface area contributed by atoms with Gasteiger partial charge in [-0.3, -0.25) is 13.9 Å². The van der Waals surface area contributed by atoms with Crippen molar-refractivity contribution in [2.45, 2.75) is 6.10 Å². The lowest BCUT2D eigenvalue weighted by Crippen LogP contribution is -2.37. The molecule has 3 aromatic rings. The average molecular weight is 377 g/mol. The fourth-order valence-electron chi connectivity index (χ4n) is 2.53. The van der Waals surface area contributed by atoms with Gasteiger partial charge in [-0.25, -0.2) is 9.78 Å². The highest BCUT2D eigenvalue weighted by Gasteiger charge is 2.11. The number of hydrogen-bond donors (Lipinski definition) is 4. The van der Waals surface area contributed by atoms with Crippen LogP contribution in [0.5, 0.6) is 11.5 Å². The molecule has 0 fully saturated rings. The van der Waals surface area contributed by atoms with Crippen LogP contribution in [0.25, 0.3) is 11.2 Å². The molecule has 0 saturated carbocycles. The number of nitrogens with one attached hydrogen (secondary N) is 1. The Kier molecular flexibility index (Phi) is 6.03. The van der Waals surface area contributed by atoms with Gasteiger partial charge in [0.1, 0.15) is 0 Å². The van der Waals surface area contributed by atoms with Crippen LogP contribution in [0.15, 0.2) is 34.1 Å². The van der Waals surface area contributed by atoms with Crippen molar-refractivity contribution in [1.82, 2.24) is 24.0 Å². The van der Waals surface area contributed by atoms with E-state index in [1.807, 2.05) is 0 Å². The Labute approximate surface area is 154 Å². The second kappa shape index (κ2) is 8.06. The smallest absolute Gasteiger partial charge is 0.332 e. The number of aromatic nitrogens is 4. The number of phenols is 2. The SMILES string of the molecule is CNC[C@H](O)c1ccc(O)c(O)c1.Cn1c(=O)c2c(ncn2C)n(C)c1=O. The topological polar surface area (TPSA) is 135 Å². The summed E-state index contributed by atoms with van der Waals surface area (Å²) in [5.41, 5.74) is 0.754. The molecule has 2 aromatic heterocycles. The fourth-order valence-corrected chi connectivity index (χ4v) is 2.53. The van der Waals surface area contributed by atoms with E-state index >= 15 is 0 Å². The number of hydrogen-bond acceptors (Lipinski definition) is 7. The molecule has 10 heteroatoms. The highest BCUT2D eigenvalue weighted by atomic mass is 16.3. The molecule has 0 aliphatic carbocycles. The van der Waals surface area contributed by atoms with Gasteiger partial charge in [-0.15, -0.1) is 0 Å². The van der Waals surface area contributed by atoms with E-state index in [0.29, 0.717) is 23.3 Å². The third kappa shape index (κ3) is 4.01. The van der Waals surface area contributed by atoms with Gasteiger partial charge in [0.2, 0.25) is 0 Å². The van der Waals surface area contributed by atoms with Crippen LogP contribution in [0.3, 0.4) is 0 Å². The van der Waals surface area contributed by atoms with E-state index in [4.69, 9.17) is 10.2 Å². The van der Waals surface area contributed by atoms with Crippen LogP contribution >= 0.6 is 0 Å². The van der Waals surface area contributed by atoms with E-state index in [2.05, 4.69) is 10.3 Å². The van der Waals surface area contributed by atoms with Gasteiger partial charge >= 0.3 is 5.69 Å². The molecule has 0 radical (unpaired) electrons. The molecule has 4 N–H and O–H groups in total. The van der Waals surface area contributed by atoms with Gasteiger partial charge < -0.3 is 25.2 Å². The van der Waals surface area contributed by atoms with E-state index in [-0.39, 0.29) is 22.7 Å². The normalized spacial score (nSPS) is 11.9. The van der Waals surface area contributed by atoms with Crippen LogP contribution < -0.4 is 16.6 Å². The van der Waals surface area contributed by atoms with Crippen LogP contribution in [0.1, 0.15) is 11.7 Å². The maximum absolute atomic E-state index is 11.7. The largest absolute Gasteiger partial charge is 0.504 e. The highest BCUT2D eigenvalue weighted by Crippen LogP contribution is 2.27. The van der Waals surface area contributed by atoms with Crippen molar-refractivity contribution in [2.75, 3.05) is 13.6 Å². The molecule has 10 nitrogen and oxygen atoms in total. The maximum Gasteiger partial charge on any atom is 0.332 e. The molecular formula is C17H23N5O5. The van der Waals surface area contributed by atoms with Crippen molar-refractivity contribution < 1.29 is 15.3 Å². The van der Waals surface area contributed by atoms with E-state index in [0.717, 1.165) is 4.57 Å². The number of aryl methyl sites for hydroxylation is 2. The molecule has 0 saturated heterocycles. The molecule has 2 heterocycles. The molecule has 1 aromatic carbocycles. The maximum atomic E-state index is 11.7. The molecule has 27 heavy (non-hydrogen) atoms. The molecular weight excluding hydrogens is 354 g/mol. The average Bonchev–Trinajstić information content (AvgIpc) is 3.03. The predicted molar refractivity (Wildman–Crippen MR) is 99.9 cm³/mol. The van der Waals surface area contributed by atoms with E-state index in [9.17, 15) is 14.7 Å². The van der Waals surface area contributed by atoms with Crippen LogP contribution in [0.4, 0.5) is 0 Å². The molecule has 0 spiro atoms. The minimum absolute atomic E-state index is 0.180. The third-order valence-electron chi connectivity index (χ3n) is 4.10. The molecule has 0 bridgehead atoms. The van der Waals surface area contributed by atoms with E-state index in [1.165, 1.54) is 30.1 Å². The molecule has 0 unspecified atom stereocenters. The first-order valence-corrected chi connectivity index (χ1v) is 8.10. The first kappa shape index (κ1) is 20.2. The summed E-state index contributed by atoms with van der Waals surface area (Å²) in [6.45, 7) is 0.407. The minimum atomic E-state index is -0.670. The molecule has 0 aliphatic heterocycles. The summed E-state index contributed by atoms with van der Waals surface area (Å²) in [5, 5.41) is 30.4. The Bertz CT molecular complexity index is 1070. The Hall–Kier alpha value is -3.11. The van der Waals surface area contributed by atoms with Crippen molar-refractivity contribution in [2.24, 2.45) is 21.1 Å². The number of likely N-dealkylation sites (N-methyl/N-ethyl adjacent to an activating group) is 1. The molecule has 0 amide bonds. The number of nitrogens with zero attached hydrogens (tertiary/aromatic N) is 4. The Morgan fingerprint density at radius 3 is 2.37 bits per heavy atom. The second-order valence-corrected chi connectivity index (χ2v) is 6.06. The first-order chi connectivity index (χ1) is 12.7. The lowest BCUT2D eigenvalue weighted by Gasteiger charge is -2.10. The van der Waals surface area contributed by atoms with Gasteiger partial charge in [0, 0.05) is 27.7 Å². The van der Waals surface area contributed by atoms with Crippen molar-refractivity contribution in [3.8, 4) is 11.5 Å². The van der Waals surface area contributed by atoms with Crippen molar-refractivity contribution in [1.29, 1.82) is 0 Å². The highest BCUT2D eigenvalue weighted by molar-refractivity contribution is 5.69. The van der Waals surface area contributed by atoms with Crippen LogP contribution in [0.2, 0.25) is 0 Å². The minimum Gasteiger partial charge on any atom is -0.504 e. The van der Waals surface area contributed by atoms with Gasteiger partial charge in [0.05, 0.1) is 12.4 Å². The molecule has 3 rings (SSSR count). The number of aliphatic hydroxyl groups excluding tert-OH is 1. The van der Waals surface area contributed by atoms with Gasteiger partial charge in [0.15, 0.2) is 22.7 Å². The van der Waals surface area contributed by atoms with Gasteiger partial charge in [-0.05, 0) is 24.7 Å². The van der Waals surface area contributed by atoms with Crippen molar-refractivity contribution in [3.63, 3.8) is 0 Å². The number of phenolic OH excluding ortho intramolecular Hbond substituents is 2. The quantitative estimate of drug-likeness (QED) is 0.444. The van der Waals surface area contributed by atoms with E-state index in [1.54, 1.807) is 31.8 Å². The molecule has 1 atom stereocenters. The number of imidazole rings is 1. The second-order valence-electron chi connectivity index (χ2n) is 6.06. The summed E-state index contributed by atoms with van der Waals surface area (Å²) in [7, 11) is 6.50. The zero-order chi connectivity index (χ0) is 20.3. The zero-order valence-corrected chi connectivity index (χ0v) is 15.5. The summed E-state index contributed by atoms with van der Waals surface area (Å²) in [6, 6.07) is 4.26. The van der Waals surface area contributed by atoms with Crippen LogP contribution in [0, 0.1) is 0 Å². The number of fused-ring (bicyclic) bond motifs is 1. The van der Waals surface area contributed by atoms with Gasteiger partial charge in [0.25, 0.3) is 5.56 Å². The van der Waals surface area contributed by atoms with Gasteiger partial charge in [-0.1, -0.05) is 6.07 Å². The standard InChI is InChI=1S/C9H13NO3.C8H10N4O2/c1-10-5-9(13)6-2-3-7(11)8(12)4-6;1-10-4-9-6-5(10)7(13)12(3)8(14)11(6)2/h2-4,9-13H,5H2,1H3;4H,1-3H3/t9-;/m0./s1. The Morgan fingerprint density at radius 2 is 1.78 bits per heavy atom. The Morgan fingerprint density at radius 1 is 1.11 bits per heavy atom. The van der Waals surface area contributed by atoms with E-state index < -0.39 is 6.10 Å². The number of aromatic hydroxyl groups is 2. The molecule has 0 aliphatic rings. The molecule has 146 valence electrons. The van der Waals surface area contributed by atoms with Crippen molar-refractivity contribution >= 4 is 11.2 Å². The monoisotopic (exact) mass is 377 g/mol. The van der Waals surface area contributed by atoms with Crippen molar-refractivity contribution in [3.05, 3.63) is 50.9 Å². The summed E-state index contributed by atoms with van der Waals surface area (Å²) in [6.07, 6.45) is 0.849. The van der Waals surface area contributed by atoms with Gasteiger partial charge in [-0.2, -0.15) is 0 Å². The third-order valence-corrected chi connectivity index (χ3v) is 4.10. The lowest BCUT2D eigenvalue weighted by atomic mass is 10.1. The fraction of sp³-hybridized carbons (Fsp3) is 0.353. The number of rotatable bonds is 3. The number of aliphatic hydroxyl groups is 1. The summed E-state index contributed by atoms with van der Waals surface area (Å²) in [5.74, 6) is -0.395. The van der Waals surface area contributed by atoms with Crippen LogP contribution in [-0.2, 0) is 21.1 Å². The summed E-state index contributed by atoms with van der Waals surface area (Å²) < 4.78 is 4.04. The zero-order valence-electron chi connectivity index (χ0n) is 15.5. The summed E-state index contributed by atoms with van der Waals surface area (Å²) in [4.78, 5) is 27.2. The number of benzene rings is 1. The lowest BCUT2D eigenvalue weighted by molar-refractivity contribution is 0.177. The van der Waals surface area contributed by atoms with Crippen LogP contribution in [-0.4, -0.2) is 47.6 Å². The first-order valence-electron chi connectivity index (χ1n) is 8.10. The predicted octanol–water partition coefficient (Wildman–Crippen LogP) is -0.679. The Balaban J connectivity index is 0.000000194.